The molecule has 0 N–H and O–H groups in total. The first-order valence-electron chi connectivity index (χ1n) is 10.7. The summed E-state index contributed by atoms with van der Waals surface area (Å²) in [5.41, 5.74) is 3.90. The number of halogens is 2. The molecule has 0 saturated carbocycles. The molecule has 8 heteroatoms. The van der Waals surface area contributed by atoms with Gasteiger partial charge in [0.05, 0.1) is 23.7 Å². The molecule has 32 heavy (non-hydrogen) atoms. The predicted molar refractivity (Wildman–Crippen MR) is 113 cm³/mol. The highest BCUT2D eigenvalue weighted by Crippen LogP contribution is 2.45. The summed E-state index contributed by atoms with van der Waals surface area (Å²) >= 11 is 0. The van der Waals surface area contributed by atoms with Crippen molar-refractivity contribution in [2.24, 2.45) is 7.05 Å². The third-order valence-electron chi connectivity index (χ3n) is 6.60. The lowest BCUT2D eigenvalue weighted by atomic mass is 9.81. The van der Waals surface area contributed by atoms with Crippen molar-refractivity contribution in [2.45, 2.75) is 37.8 Å². The number of fused-ring (bicyclic) bond motifs is 5. The van der Waals surface area contributed by atoms with Crippen molar-refractivity contribution < 1.29 is 18.0 Å². The number of benzene rings is 1. The number of aromatic nitrogens is 3. The van der Waals surface area contributed by atoms with Crippen molar-refractivity contribution in [3.8, 4) is 11.3 Å². The molecule has 0 aliphatic carbocycles. The van der Waals surface area contributed by atoms with Crippen LogP contribution >= 0.6 is 0 Å². The maximum absolute atomic E-state index is 13.9. The Hall–Kier alpha value is -3.55. The van der Waals surface area contributed by atoms with E-state index in [9.17, 15) is 13.6 Å². The van der Waals surface area contributed by atoms with Crippen molar-refractivity contribution >= 4 is 16.9 Å². The molecule has 2 bridgehead atoms. The van der Waals surface area contributed by atoms with Crippen molar-refractivity contribution in [1.29, 1.82) is 0 Å². The van der Waals surface area contributed by atoms with Gasteiger partial charge in [-0.2, -0.15) is 5.10 Å². The topological polar surface area (TPSA) is 64.2 Å². The van der Waals surface area contributed by atoms with E-state index in [2.05, 4.69) is 4.98 Å². The number of amides is 1. The highest BCUT2D eigenvalue weighted by molar-refractivity contribution is 5.96. The Morgan fingerprint density at radius 3 is 2.78 bits per heavy atom. The van der Waals surface area contributed by atoms with Crippen LogP contribution in [-0.2, 0) is 13.5 Å². The molecule has 6 nitrogen and oxygen atoms in total. The normalized spacial score (nSPS) is 19.9. The Kier molecular flexibility index (Phi) is 4.18. The standard InChI is InChI=1S/C24H20F2N4O2/c1-29-23(14-7-15(25)9-16(26)8-14)18-10-17-3-2-4-20(22(18)28-29)30(17)24(31)19-11-21-13(12-27-19)5-6-32-21/h5-9,11-12,17,20H,2-4,10H2,1H3/t17-,20+/m1/s1. The number of carbonyl (C=O) groups is 1. The molecule has 1 fully saturated rings. The fourth-order valence-electron chi connectivity index (χ4n) is 5.31. The van der Waals surface area contributed by atoms with Crippen LogP contribution in [0, 0.1) is 11.6 Å². The van der Waals surface area contributed by atoms with Gasteiger partial charge in [0.15, 0.2) is 0 Å². The third-order valence-corrected chi connectivity index (χ3v) is 6.60. The van der Waals surface area contributed by atoms with Crippen molar-refractivity contribution in [3.63, 3.8) is 0 Å². The van der Waals surface area contributed by atoms with Gasteiger partial charge in [-0.05, 0) is 43.9 Å². The molecule has 2 aliphatic rings. The highest BCUT2D eigenvalue weighted by Gasteiger charge is 2.44. The number of hydrogen-bond donors (Lipinski definition) is 0. The first kappa shape index (κ1) is 19.2. The van der Waals surface area contributed by atoms with Gasteiger partial charge in [-0.25, -0.2) is 8.78 Å². The molecule has 162 valence electrons. The van der Waals surface area contributed by atoms with Crippen LogP contribution in [0.25, 0.3) is 22.2 Å². The van der Waals surface area contributed by atoms with Crippen molar-refractivity contribution in [1.82, 2.24) is 19.7 Å². The SMILES string of the molecule is Cn1nc2c(c1-c1cc(F)cc(F)c1)C[C@H]1CCC[C@@H]2N1C(=O)c1cc2occc2cn1. The maximum Gasteiger partial charge on any atom is 0.273 e. The fraction of sp³-hybridized carbons (Fsp3) is 0.292. The second-order valence-corrected chi connectivity index (χ2v) is 8.54. The lowest BCUT2D eigenvalue weighted by molar-refractivity contribution is 0.0386. The van der Waals surface area contributed by atoms with Gasteiger partial charge in [-0.1, -0.05) is 0 Å². The summed E-state index contributed by atoms with van der Waals surface area (Å²) in [6.07, 6.45) is 6.44. The van der Waals surface area contributed by atoms with Gasteiger partial charge in [-0.3, -0.25) is 14.5 Å². The summed E-state index contributed by atoms with van der Waals surface area (Å²) in [6.45, 7) is 0. The fourth-order valence-corrected chi connectivity index (χ4v) is 5.31. The Bertz CT molecular complexity index is 1360. The molecule has 2 aliphatic heterocycles. The summed E-state index contributed by atoms with van der Waals surface area (Å²) in [5.74, 6) is -1.39. The Morgan fingerprint density at radius 1 is 1.16 bits per heavy atom. The largest absolute Gasteiger partial charge is 0.464 e. The average molecular weight is 434 g/mol. The number of nitrogens with zero attached hydrogens (tertiary/aromatic N) is 4. The molecular formula is C24H20F2N4O2. The van der Waals surface area contributed by atoms with Crippen molar-refractivity contribution in [3.05, 3.63) is 71.4 Å². The minimum Gasteiger partial charge on any atom is -0.464 e. The van der Waals surface area contributed by atoms with Gasteiger partial charge < -0.3 is 9.32 Å². The maximum atomic E-state index is 13.9. The van der Waals surface area contributed by atoms with Gasteiger partial charge >= 0.3 is 0 Å². The van der Waals surface area contributed by atoms with Gasteiger partial charge in [-0.15, -0.1) is 0 Å². The molecule has 0 radical (unpaired) electrons. The second kappa shape index (κ2) is 6.98. The minimum atomic E-state index is -0.623. The highest BCUT2D eigenvalue weighted by atomic mass is 19.1. The van der Waals surface area contributed by atoms with E-state index >= 15 is 0 Å². The van der Waals surface area contributed by atoms with Crippen LogP contribution in [0.1, 0.15) is 47.1 Å². The van der Waals surface area contributed by atoms with Crippen LogP contribution in [0.15, 0.2) is 47.2 Å². The molecule has 0 unspecified atom stereocenters. The zero-order valence-electron chi connectivity index (χ0n) is 17.4. The van der Waals surface area contributed by atoms with Gasteiger partial charge in [0.25, 0.3) is 5.91 Å². The summed E-state index contributed by atoms with van der Waals surface area (Å²) in [5, 5.41) is 5.56. The van der Waals surface area contributed by atoms with E-state index in [1.807, 2.05) is 11.0 Å². The Morgan fingerprint density at radius 2 is 1.97 bits per heavy atom. The molecule has 5 heterocycles. The minimum absolute atomic E-state index is 0.0239. The van der Waals surface area contributed by atoms with Gasteiger partial charge in [0.2, 0.25) is 0 Å². The average Bonchev–Trinajstić information content (AvgIpc) is 3.35. The summed E-state index contributed by atoms with van der Waals surface area (Å²) < 4.78 is 35.0. The zero-order valence-corrected chi connectivity index (χ0v) is 17.4. The van der Waals surface area contributed by atoms with Crippen LogP contribution in [0.4, 0.5) is 8.78 Å². The number of rotatable bonds is 2. The lowest BCUT2D eigenvalue weighted by Crippen LogP contribution is -2.50. The quantitative estimate of drug-likeness (QED) is 0.455. The van der Waals surface area contributed by atoms with Crippen LogP contribution in [0.3, 0.4) is 0 Å². The zero-order chi connectivity index (χ0) is 22.0. The van der Waals surface area contributed by atoms with E-state index in [1.54, 1.807) is 30.3 Å². The van der Waals surface area contributed by atoms with Gasteiger partial charge in [0, 0.05) is 47.9 Å². The summed E-state index contributed by atoms with van der Waals surface area (Å²) in [6, 6.07) is 6.80. The number of furan rings is 1. The molecule has 0 spiro atoms. The smallest absolute Gasteiger partial charge is 0.273 e. The second-order valence-electron chi connectivity index (χ2n) is 8.54. The number of carbonyl (C=O) groups excluding carboxylic acids is 1. The molecule has 6 rings (SSSR count). The van der Waals surface area contributed by atoms with Crippen molar-refractivity contribution in [2.75, 3.05) is 0 Å². The number of pyridine rings is 1. The molecule has 2 atom stereocenters. The van der Waals surface area contributed by atoms with Gasteiger partial charge in [0.1, 0.15) is 22.9 Å². The summed E-state index contributed by atoms with van der Waals surface area (Å²) in [7, 11) is 1.78. The van der Waals surface area contributed by atoms with E-state index in [1.165, 1.54) is 12.1 Å². The van der Waals surface area contributed by atoms with Crippen LogP contribution in [0.5, 0.6) is 0 Å². The van der Waals surface area contributed by atoms with Crippen LogP contribution in [-0.4, -0.2) is 31.6 Å². The molecule has 1 aromatic carbocycles. The number of aryl methyl sites for hydroxylation is 1. The molecule has 3 aromatic heterocycles. The van der Waals surface area contributed by atoms with E-state index in [0.29, 0.717) is 29.0 Å². The van der Waals surface area contributed by atoms with E-state index in [-0.39, 0.29) is 18.0 Å². The van der Waals surface area contributed by atoms with E-state index < -0.39 is 11.6 Å². The Labute approximate surface area is 182 Å². The Balaban J connectivity index is 1.43. The number of hydrogen-bond acceptors (Lipinski definition) is 4. The lowest BCUT2D eigenvalue weighted by Gasteiger charge is -2.45. The molecule has 1 amide bonds. The summed E-state index contributed by atoms with van der Waals surface area (Å²) in [4.78, 5) is 19.8. The molecular weight excluding hydrogens is 414 g/mol. The van der Waals surface area contributed by atoms with E-state index in [4.69, 9.17) is 9.52 Å². The molecule has 4 aromatic rings. The third kappa shape index (κ3) is 2.86. The van der Waals surface area contributed by atoms with Crippen LogP contribution in [0.2, 0.25) is 0 Å². The molecule has 1 saturated heterocycles. The van der Waals surface area contributed by atoms with E-state index in [0.717, 1.165) is 42.0 Å². The monoisotopic (exact) mass is 434 g/mol. The first-order chi connectivity index (χ1) is 15.5. The van der Waals surface area contributed by atoms with Crippen LogP contribution < -0.4 is 0 Å². The predicted octanol–water partition coefficient (Wildman–Crippen LogP) is 4.80. The first-order valence-corrected chi connectivity index (χ1v) is 10.7. The number of piperidine rings is 1.